The van der Waals surface area contributed by atoms with E-state index in [0.29, 0.717) is 0 Å². The van der Waals surface area contributed by atoms with Crippen LogP contribution in [0.3, 0.4) is 0 Å². The molecule has 0 bridgehead atoms. The molecule has 0 aromatic heterocycles. The highest BCUT2D eigenvalue weighted by molar-refractivity contribution is 6.30. The first-order valence-corrected chi connectivity index (χ1v) is 4.83. The van der Waals surface area contributed by atoms with Crippen molar-refractivity contribution in [3.05, 3.63) is 28.8 Å². The lowest BCUT2D eigenvalue weighted by molar-refractivity contribution is -0.121. The number of rotatable bonds is 1. The number of carbonyl (C=O) groups excluding carboxylic acids is 2. The molecule has 6 heteroatoms. The number of ketones is 1. The minimum absolute atomic E-state index is 0.100. The normalized spacial score (nSPS) is 16.1. The van der Waals surface area contributed by atoms with Crippen molar-refractivity contribution < 1.29 is 18.4 Å². The van der Waals surface area contributed by atoms with Crippen molar-refractivity contribution in [2.24, 2.45) is 0 Å². The molecule has 1 aromatic rings. The Kier molecular flexibility index (Phi) is 2.63. The Balaban J connectivity index is 2.48. The second-order valence-electron chi connectivity index (χ2n) is 3.41. The van der Waals surface area contributed by atoms with Crippen LogP contribution in [-0.2, 0) is 9.59 Å². The Morgan fingerprint density at radius 1 is 1.19 bits per heavy atom. The first kappa shape index (κ1) is 11.0. The van der Waals surface area contributed by atoms with Crippen molar-refractivity contribution in [3.63, 3.8) is 0 Å². The molecule has 1 aliphatic heterocycles. The van der Waals surface area contributed by atoms with Crippen LogP contribution in [0.5, 0.6) is 0 Å². The highest BCUT2D eigenvalue weighted by Gasteiger charge is 2.32. The number of carbonyl (C=O) groups is 2. The molecule has 0 atom stereocenters. The van der Waals surface area contributed by atoms with E-state index in [-0.39, 0.29) is 23.8 Å². The maximum atomic E-state index is 13.4. The highest BCUT2D eigenvalue weighted by atomic mass is 35.5. The molecule has 1 fully saturated rings. The van der Waals surface area contributed by atoms with E-state index in [0.717, 1.165) is 17.0 Å². The van der Waals surface area contributed by atoms with Crippen LogP contribution in [-0.4, -0.2) is 18.2 Å². The van der Waals surface area contributed by atoms with Crippen molar-refractivity contribution in [3.8, 4) is 0 Å². The fourth-order valence-corrected chi connectivity index (χ4v) is 1.77. The Morgan fingerprint density at radius 2 is 1.75 bits per heavy atom. The summed E-state index contributed by atoms with van der Waals surface area (Å²) >= 11 is 5.44. The van der Waals surface area contributed by atoms with Crippen LogP contribution in [0.1, 0.15) is 6.42 Å². The first-order chi connectivity index (χ1) is 7.49. The van der Waals surface area contributed by atoms with E-state index < -0.39 is 23.2 Å². The fourth-order valence-electron chi connectivity index (χ4n) is 1.58. The lowest BCUT2D eigenvalue weighted by Crippen LogP contribution is -2.26. The molecule has 1 saturated heterocycles. The van der Waals surface area contributed by atoms with Gasteiger partial charge in [0.25, 0.3) is 0 Å². The molecular formula is C10H6ClF2NO2. The van der Waals surface area contributed by atoms with Gasteiger partial charge in [-0.15, -0.1) is 0 Å². The summed E-state index contributed by atoms with van der Waals surface area (Å²) in [6.07, 6.45) is -0.318. The lowest BCUT2D eigenvalue weighted by Gasteiger charge is -2.16. The predicted molar refractivity (Wildman–Crippen MR) is 53.3 cm³/mol. The van der Waals surface area contributed by atoms with Gasteiger partial charge in [-0.3, -0.25) is 14.5 Å². The summed E-state index contributed by atoms with van der Waals surface area (Å²) in [6.45, 7) is -0.297. The summed E-state index contributed by atoms with van der Waals surface area (Å²) in [5, 5.41) is -0.100. The monoisotopic (exact) mass is 245 g/mol. The molecule has 0 saturated carbocycles. The second kappa shape index (κ2) is 3.83. The van der Waals surface area contributed by atoms with Gasteiger partial charge in [-0.05, 0) is 12.1 Å². The Labute approximate surface area is 94.6 Å². The van der Waals surface area contributed by atoms with E-state index in [9.17, 15) is 18.4 Å². The zero-order valence-electron chi connectivity index (χ0n) is 7.97. The van der Waals surface area contributed by atoms with Crippen LogP contribution in [0.15, 0.2) is 12.1 Å². The Morgan fingerprint density at radius 3 is 2.19 bits per heavy atom. The van der Waals surface area contributed by atoms with Gasteiger partial charge >= 0.3 is 0 Å². The standard InChI is InChI=1S/C10H6ClF2NO2/c11-5-1-7(12)10(8(13)2-5)14-4-6(15)3-9(14)16/h1-2H,3-4H2. The summed E-state index contributed by atoms with van der Waals surface area (Å²) < 4.78 is 26.9. The second-order valence-corrected chi connectivity index (χ2v) is 3.85. The number of hydrogen-bond acceptors (Lipinski definition) is 2. The molecule has 1 heterocycles. The minimum atomic E-state index is -0.951. The van der Waals surface area contributed by atoms with Gasteiger partial charge in [-0.2, -0.15) is 0 Å². The first-order valence-electron chi connectivity index (χ1n) is 4.45. The zero-order valence-corrected chi connectivity index (χ0v) is 8.72. The topological polar surface area (TPSA) is 37.4 Å². The molecule has 84 valence electrons. The van der Waals surface area contributed by atoms with Gasteiger partial charge in [-0.1, -0.05) is 11.6 Å². The van der Waals surface area contributed by atoms with Gasteiger partial charge in [0.2, 0.25) is 5.91 Å². The summed E-state index contributed by atoms with van der Waals surface area (Å²) in [5.74, 6) is -2.87. The van der Waals surface area contributed by atoms with E-state index >= 15 is 0 Å². The smallest absolute Gasteiger partial charge is 0.235 e. The molecule has 0 aliphatic carbocycles. The maximum absolute atomic E-state index is 13.4. The predicted octanol–water partition coefficient (Wildman–Crippen LogP) is 1.92. The molecule has 0 radical (unpaired) electrons. The van der Waals surface area contributed by atoms with E-state index in [1.165, 1.54) is 0 Å². The average molecular weight is 246 g/mol. The van der Waals surface area contributed by atoms with E-state index in [2.05, 4.69) is 0 Å². The molecule has 0 spiro atoms. The molecule has 16 heavy (non-hydrogen) atoms. The fraction of sp³-hybridized carbons (Fsp3) is 0.200. The number of Topliss-reactive ketones (excluding diaryl/α,β-unsaturated/α-hetero) is 1. The number of hydrogen-bond donors (Lipinski definition) is 0. The quantitative estimate of drug-likeness (QED) is 0.709. The summed E-state index contributed by atoms with van der Waals surface area (Å²) in [4.78, 5) is 23.1. The van der Waals surface area contributed by atoms with Gasteiger partial charge in [0.05, 0.1) is 13.0 Å². The largest absolute Gasteiger partial charge is 0.299 e. The molecule has 0 N–H and O–H groups in total. The third-order valence-corrected chi connectivity index (χ3v) is 2.45. The lowest BCUT2D eigenvalue weighted by atomic mass is 10.2. The van der Waals surface area contributed by atoms with E-state index in [4.69, 9.17) is 11.6 Å². The van der Waals surface area contributed by atoms with Gasteiger partial charge in [0.15, 0.2) is 17.4 Å². The number of amides is 1. The van der Waals surface area contributed by atoms with Gasteiger partial charge in [0, 0.05) is 5.02 Å². The number of anilines is 1. The number of halogens is 3. The van der Waals surface area contributed by atoms with Crippen molar-refractivity contribution >= 4 is 29.0 Å². The highest BCUT2D eigenvalue weighted by Crippen LogP contribution is 2.29. The third-order valence-electron chi connectivity index (χ3n) is 2.24. The van der Waals surface area contributed by atoms with Crippen molar-refractivity contribution in [1.29, 1.82) is 0 Å². The van der Waals surface area contributed by atoms with Crippen LogP contribution in [0.25, 0.3) is 0 Å². The SMILES string of the molecule is O=C1CC(=O)N(c2c(F)cc(Cl)cc2F)C1. The Bertz CT molecular complexity index is 467. The molecule has 0 unspecified atom stereocenters. The molecule has 1 aromatic carbocycles. The van der Waals surface area contributed by atoms with Crippen LogP contribution < -0.4 is 4.90 Å². The van der Waals surface area contributed by atoms with E-state index in [1.807, 2.05) is 0 Å². The van der Waals surface area contributed by atoms with Crippen LogP contribution in [0.4, 0.5) is 14.5 Å². The van der Waals surface area contributed by atoms with Crippen LogP contribution in [0.2, 0.25) is 5.02 Å². The molecule has 2 rings (SSSR count). The van der Waals surface area contributed by atoms with Crippen molar-refractivity contribution in [2.75, 3.05) is 11.4 Å². The third kappa shape index (κ3) is 1.78. The van der Waals surface area contributed by atoms with Crippen molar-refractivity contribution in [2.45, 2.75) is 6.42 Å². The molecule has 3 nitrogen and oxygen atoms in total. The molecular weight excluding hydrogens is 240 g/mol. The average Bonchev–Trinajstić information content (AvgIpc) is 2.43. The van der Waals surface area contributed by atoms with Gasteiger partial charge < -0.3 is 0 Å². The Hall–Kier alpha value is -1.49. The van der Waals surface area contributed by atoms with Gasteiger partial charge in [-0.25, -0.2) is 8.78 Å². The van der Waals surface area contributed by atoms with Crippen molar-refractivity contribution in [1.82, 2.24) is 0 Å². The zero-order chi connectivity index (χ0) is 11.9. The summed E-state index contributed by atoms with van der Waals surface area (Å²) in [5.41, 5.74) is -0.514. The minimum Gasteiger partial charge on any atom is -0.299 e. The van der Waals surface area contributed by atoms with Gasteiger partial charge in [0.1, 0.15) is 5.69 Å². The number of benzene rings is 1. The maximum Gasteiger partial charge on any atom is 0.235 e. The molecule has 1 aliphatic rings. The van der Waals surface area contributed by atoms with Crippen LogP contribution >= 0.6 is 11.6 Å². The summed E-state index contributed by atoms with van der Waals surface area (Å²) in [7, 11) is 0. The van der Waals surface area contributed by atoms with Crippen LogP contribution in [0, 0.1) is 11.6 Å². The summed E-state index contributed by atoms with van der Waals surface area (Å²) in [6, 6.07) is 1.80. The molecule has 1 amide bonds. The number of nitrogens with zero attached hydrogens (tertiary/aromatic N) is 1. The van der Waals surface area contributed by atoms with E-state index in [1.54, 1.807) is 0 Å².